The molecule has 0 aliphatic heterocycles. The summed E-state index contributed by atoms with van der Waals surface area (Å²) in [5.41, 5.74) is 1.05. The summed E-state index contributed by atoms with van der Waals surface area (Å²) in [6, 6.07) is 11.2. The number of carbonyl (C=O) groups excluding carboxylic acids is 2. The number of carbonyl (C=O) groups is 2. The molecule has 3 N–H and O–H groups in total. The Morgan fingerprint density at radius 3 is 2.43 bits per heavy atom. The lowest BCUT2D eigenvalue weighted by Crippen LogP contribution is -2.34. The van der Waals surface area contributed by atoms with Crippen LogP contribution in [0.2, 0.25) is 0 Å². The normalized spacial score (nSPS) is 13.5. The first-order valence-corrected chi connectivity index (χ1v) is 11.6. The Hall–Kier alpha value is -2.43. The molecule has 0 radical (unpaired) electrons. The zero-order valence-corrected chi connectivity index (χ0v) is 18.7. The SMILES string of the molecule is COc1ccc(Br)cc1S(=O)(=O)NCCNC(=O)c1ccc(NC(=O)C2CC2)cc1. The molecule has 0 spiro atoms. The Balaban J connectivity index is 1.49. The van der Waals surface area contributed by atoms with Crippen LogP contribution >= 0.6 is 15.9 Å². The first kappa shape index (κ1) is 22.3. The standard InChI is InChI=1S/C20H22BrN3O5S/c1-29-17-9-6-15(21)12-18(17)30(27,28)23-11-10-22-19(25)13-4-7-16(8-5-13)24-20(26)14-2-3-14/h4-9,12,14,23H,2-3,10-11H2,1H3,(H,22,25)(H,24,26). The topological polar surface area (TPSA) is 114 Å². The largest absolute Gasteiger partial charge is 0.495 e. The Labute approximate surface area is 183 Å². The average Bonchev–Trinajstić information content (AvgIpc) is 3.57. The van der Waals surface area contributed by atoms with E-state index in [1.54, 1.807) is 36.4 Å². The van der Waals surface area contributed by atoms with Crippen LogP contribution in [0.25, 0.3) is 0 Å². The highest BCUT2D eigenvalue weighted by atomic mass is 79.9. The average molecular weight is 496 g/mol. The number of anilines is 1. The van der Waals surface area contributed by atoms with Crippen molar-refractivity contribution in [1.82, 2.24) is 10.0 Å². The zero-order chi connectivity index (χ0) is 21.7. The molecule has 0 saturated heterocycles. The summed E-state index contributed by atoms with van der Waals surface area (Å²) in [5.74, 6) is -0.00631. The minimum absolute atomic E-state index is 0.00145. The molecule has 0 bridgehead atoms. The third-order valence-corrected chi connectivity index (χ3v) is 6.46. The van der Waals surface area contributed by atoms with Crippen molar-refractivity contribution in [2.75, 3.05) is 25.5 Å². The molecule has 1 fully saturated rings. The highest BCUT2D eigenvalue weighted by Gasteiger charge is 2.29. The van der Waals surface area contributed by atoms with Gasteiger partial charge >= 0.3 is 0 Å². The number of hydrogen-bond donors (Lipinski definition) is 3. The number of amides is 2. The Bertz CT molecular complexity index is 1040. The summed E-state index contributed by atoms with van der Waals surface area (Å²) in [6.45, 7) is 0.119. The lowest BCUT2D eigenvalue weighted by molar-refractivity contribution is -0.117. The molecule has 30 heavy (non-hydrogen) atoms. The van der Waals surface area contributed by atoms with Crippen molar-refractivity contribution < 1.29 is 22.7 Å². The first-order valence-electron chi connectivity index (χ1n) is 9.32. The van der Waals surface area contributed by atoms with Crippen molar-refractivity contribution in [3.8, 4) is 5.75 Å². The van der Waals surface area contributed by atoms with Crippen LogP contribution in [0.1, 0.15) is 23.2 Å². The second kappa shape index (κ2) is 9.59. The van der Waals surface area contributed by atoms with E-state index in [1.807, 2.05) is 0 Å². The molecule has 160 valence electrons. The number of rotatable bonds is 9. The fraction of sp³-hybridized carbons (Fsp3) is 0.300. The van der Waals surface area contributed by atoms with Gasteiger partial charge in [-0.25, -0.2) is 13.1 Å². The molecular weight excluding hydrogens is 474 g/mol. The van der Waals surface area contributed by atoms with Crippen LogP contribution in [0.3, 0.4) is 0 Å². The van der Waals surface area contributed by atoms with E-state index >= 15 is 0 Å². The highest BCUT2D eigenvalue weighted by molar-refractivity contribution is 9.10. The molecule has 3 rings (SSSR count). The van der Waals surface area contributed by atoms with Crippen LogP contribution in [-0.2, 0) is 14.8 Å². The highest BCUT2D eigenvalue weighted by Crippen LogP contribution is 2.30. The quantitative estimate of drug-likeness (QED) is 0.462. The molecule has 0 unspecified atom stereocenters. The lowest BCUT2D eigenvalue weighted by Gasteiger charge is -2.12. The van der Waals surface area contributed by atoms with Gasteiger partial charge in [0.15, 0.2) is 0 Å². The van der Waals surface area contributed by atoms with Crippen molar-refractivity contribution in [3.63, 3.8) is 0 Å². The molecule has 8 nitrogen and oxygen atoms in total. The van der Waals surface area contributed by atoms with Crippen molar-refractivity contribution in [3.05, 3.63) is 52.5 Å². The van der Waals surface area contributed by atoms with Gasteiger partial charge in [-0.3, -0.25) is 9.59 Å². The van der Waals surface area contributed by atoms with Crippen LogP contribution in [0, 0.1) is 5.92 Å². The van der Waals surface area contributed by atoms with Crippen molar-refractivity contribution >= 4 is 43.5 Å². The summed E-state index contributed by atoms with van der Waals surface area (Å²) >= 11 is 3.24. The molecule has 1 aliphatic carbocycles. The molecule has 0 heterocycles. The van der Waals surface area contributed by atoms with Gasteiger partial charge in [0.2, 0.25) is 15.9 Å². The van der Waals surface area contributed by atoms with E-state index in [-0.39, 0.29) is 41.5 Å². The molecule has 1 aliphatic rings. The van der Waals surface area contributed by atoms with Gasteiger partial charge in [-0.15, -0.1) is 0 Å². The van der Waals surface area contributed by atoms with E-state index in [0.717, 1.165) is 12.8 Å². The summed E-state index contributed by atoms with van der Waals surface area (Å²) in [5, 5.41) is 5.46. The number of halogens is 1. The van der Waals surface area contributed by atoms with Gasteiger partial charge in [0, 0.05) is 34.7 Å². The van der Waals surface area contributed by atoms with Gasteiger partial charge < -0.3 is 15.4 Å². The minimum atomic E-state index is -3.80. The van der Waals surface area contributed by atoms with Crippen LogP contribution in [0.5, 0.6) is 5.75 Å². The lowest BCUT2D eigenvalue weighted by atomic mass is 10.2. The number of nitrogens with one attached hydrogen (secondary N) is 3. The Kier molecular flexibility index (Phi) is 7.11. The van der Waals surface area contributed by atoms with Crippen molar-refractivity contribution in [1.29, 1.82) is 0 Å². The van der Waals surface area contributed by atoms with Crippen LogP contribution < -0.4 is 20.1 Å². The van der Waals surface area contributed by atoms with Crippen LogP contribution in [0.15, 0.2) is 51.8 Å². The second-order valence-electron chi connectivity index (χ2n) is 6.79. The Morgan fingerprint density at radius 2 is 1.80 bits per heavy atom. The fourth-order valence-corrected chi connectivity index (χ4v) is 4.43. The number of methoxy groups -OCH3 is 1. The Morgan fingerprint density at radius 1 is 1.10 bits per heavy atom. The van der Waals surface area contributed by atoms with Gasteiger partial charge in [0.05, 0.1) is 7.11 Å². The third kappa shape index (κ3) is 5.80. The van der Waals surface area contributed by atoms with E-state index < -0.39 is 10.0 Å². The zero-order valence-electron chi connectivity index (χ0n) is 16.3. The summed E-state index contributed by atoms with van der Waals surface area (Å²) in [4.78, 5) is 24.0. The molecule has 0 atom stereocenters. The fourth-order valence-electron chi connectivity index (χ4n) is 2.70. The summed E-state index contributed by atoms with van der Waals surface area (Å²) in [7, 11) is -2.41. The summed E-state index contributed by atoms with van der Waals surface area (Å²) in [6.07, 6.45) is 1.84. The number of benzene rings is 2. The number of sulfonamides is 1. The number of ether oxygens (including phenoxy) is 1. The van der Waals surface area contributed by atoms with Crippen molar-refractivity contribution in [2.45, 2.75) is 17.7 Å². The maximum Gasteiger partial charge on any atom is 0.251 e. The van der Waals surface area contributed by atoms with E-state index in [9.17, 15) is 18.0 Å². The van der Waals surface area contributed by atoms with Crippen LogP contribution in [-0.4, -0.2) is 40.4 Å². The molecule has 2 aromatic rings. The molecule has 1 saturated carbocycles. The number of hydrogen-bond acceptors (Lipinski definition) is 5. The molecule has 2 aromatic carbocycles. The monoisotopic (exact) mass is 495 g/mol. The molecule has 10 heteroatoms. The predicted octanol–water partition coefficient (Wildman–Crippen LogP) is 2.51. The molecular formula is C20H22BrN3O5S. The van der Waals surface area contributed by atoms with Crippen LogP contribution in [0.4, 0.5) is 5.69 Å². The van der Waals surface area contributed by atoms with E-state index in [0.29, 0.717) is 15.7 Å². The third-order valence-electron chi connectivity index (χ3n) is 4.48. The van der Waals surface area contributed by atoms with Crippen molar-refractivity contribution in [2.24, 2.45) is 5.92 Å². The maximum atomic E-state index is 12.5. The van der Waals surface area contributed by atoms with Gasteiger partial charge in [-0.05, 0) is 55.3 Å². The van der Waals surface area contributed by atoms with Gasteiger partial charge in [-0.2, -0.15) is 0 Å². The van der Waals surface area contributed by atoms with Gasteiger partial charge in [-0.1, -0.05) is 15.9 Å². The van der Waals surface area contributed by atoms with Gasteiger partial charge in [0.25, 0.3) is 5.91 Å². The predicted molar refractivity (Wildman–Crippen MR) is 116 cm³/mol. The minimum Gasteiger partial charge on any atom is -0.495 e. The maximum absolute atomic E-state index is 12.5. The molecule has 0 aromatic heterocycles. The van der Waals surface area contributed by atoms with Gasteiger partial charge in [0.1, 0.15) is 10.6 Å². The molecule has 2 amide bonds. The van der Waals surface area contributed by atoms with E-state index in [1.165, 1.54) is 13.2 Å². The summed E-state index contributed by atoms with van der Waals surface area (Å²) < 4.78 is 33.1. The van der Waals surface area contributed by atoms with E-state index in [4.69, 9.17) is 4.74 Å². The second-order valence-corrected chi connectivity index (χ2v) is 9.44. The van der Waals surface area contributed by atoms with E-state index in [2.05, 4.69) is 31.3 Å². The first-order chi connectivity index (χ1) is 14.3. The smallest absolute Gasteiger partial charge is 0.251 e.